The zero-order chi connectivity index (χ0) is 82.8. The van der Waals surface area contributed by atoms with Gasteiger partial charge in [0, 0.05) is 48.4 Å². The van der Waals surface area contributed by atoms with E-state index in [2.05, 4.69) is 118 Å². The average molecular weight is 1720 g/mol. The summed E-state index contributed by atoms with van der Waals surface area (Å²) in [6.07, 6.45) is 10.9. The Bertz CT molecular complexity index is 6270. The number of fused-ring (bicyclic) bond motifs is 7. The van der Waals surface area contributed by atoms with Gasteiger partial charge in [0.1, 0.15) is 64.3 Å². The van der Waals surface area contributed by atoms with Crippen molar-refractivity contribution in [3.8, 4) is 56.0 Å². The Morgan fingerprint density at radius 3 is 1.06 bits per heavy atom. The summed E-state index contributed by atoms with van der Waals surface area (Å²) in [4.78, 5) is 13.4. The van der Waals surface area contributed by atoms with E-state index in [1.54, 1.807) is 38.0 Å². The van der Waals surface area contributed by atoms with E-state index < -0.39 is 44.0 Å². The number of benzene rings is 7. The maximum Gasteiger partial charge on any atom is 0.494 e. The normalized spacial score (nSPS) is 16.0. The van der Waals surface area contributed by atoms with E-state index in [0.717, 1.165) is 36.7 Å². The van der Waals surface area contributed by atoms with Crippen molar-refractivity contribution < 1.29 is 51.2 Å². The molecule has 0 amide bonds. The first kappa shape index (κ1) is 80.3. The fourth-order valence-corrected chi connectivity index (χ4v) is 14.1. The Labute approximate surface area is 689 Å². The minimum Gasteiger partial charge on any atom is -0.405 e. The number of hydrogen-bond acceptors (Lipinski definition) is 22. The molecule has 0 radical (unpaired) electrons. The first-order valence-corrected chi connectivity index (χ1v) is 38.3. The monoisotopic (exact) mass is 1720 g/mol. The number of rotatable bonds is 7. The number of halogens is 6. The van der Waals surface area contributed by atoms with Gasteiger partial charge in [-0.3, -0.25) is 33.6 Å². The topological polar surface area (TPSA) is 377 Å². The molecule has 0 atom stereocenters. The number of nitrogens with two attached hydrogens (primary N) is 3. The second-order valence-electron chi connectivity index (χ2n) is 30.7. The van der Waals surface area contributed by atoms with Gasteiger partial charge in [-0.15, -0.1) is 30.6 Å². The third kappa shape index (κ3) is 15.7. The Hall–Kier alpha value is -11.9. The summed E-state index contributed by atoms with van der Waals surface area (Å²) >= 11 is 6.68. The first-order chi connectivity index (χ1) is 55.7. The molecule has 3 aliphatic heterocycles. The van der Waals surface area contributed by atoms with Gasteiger partial charge in [0.2, 0.25) is 17.8 Å². The maximum absolute atomic E-state index is 14.5. The number of aromatic nitrogens is 20. The van der Waals surface area contributed by atoms with E-state index >= 15 is 0 Å². The van der Waals surface area contributed by atoms with Gasteiger partial charge in [-0.1, -0.05) is 113 Å². The quantitative estimate of drug-likeness (QED) is 0.0575. The molecule has 3 aliphatic rings. The van der Waals surface area contributed by atoms with Gasteiger partial charge in [-0.05, 0) is 158 Å². The van der Waals surface area contributed by atoms with Crippen LogP contribution in [0, 0.1) is 23.3 Å². The van der Waals surface area contributed by atoms with Crippen LogP contribution in [0.15, 0.2) is 192 Å². The smallest absolute Gasteiger partial charge is 0.405 e. The van der Waals surface area contributed by atoms with E-state index in [-0.39, 0.29) is 51.6 Å². The van der Waals surface area contributed by atoms with Gasteiger partial charge in [0.05, 0.1) is 91.1 Å². The molecule has 10 N–H and O–H groups in total. The largest absolute Gasteiger partial charge is 0.494 e. The number of anilines is 3. The van der Waals surface area contributed by atoms with Crippen LogP contribution in [0.1, 0.15) is 88.8 Å². The van der Waals surface area contributed by atoms with Crippen molar-refractivity contribution in [2.45, 2.75) is 117 Å². The van der Waals surface area contributed by atoms with Crippen LogP contribution < -0.4 is 22.7 Å². The molecule has 38 heteroatoms. The van der Waals surface area contributed by atoms with E-state index in [9.17, 15) is 17.6 Å². The molecule has 0 unspecified atom stereocenters. The van der Waals surface area contributed by atoms with E-state index in [1.807, 2.05) is 198 Å². The van der Waals surface area contributed by atoms with Crippen molar-refractivity contribution >= 4 is 137 Å². The number of nitrogens with one attached hydrogen (secondary N) is 4. The molecule has 117 heavy (non-hydrogen) atoms. The molecule has 3 fully saturated rings. The molecule has 0 saturated carbocycles. The van der Waals surface area contributed by atoms with Gasteiger partial charge in [-0.25, -0.2) is 32.5 Å². The SMILES string of the molecule is CC1(C)OB(B2OC(C)(C)C(C)(C)O2)OC1(C)C.CC1(C)OB(c2cc(F)c3[nH]ncc3c2)OC1(C)C.Fc1cc(Br)cc2cn[nH]c12.Nc1nc(-c2ccccc2)c(-c2cc(F)c3[nH]ncc3c2)c2nncn12.Nc1nc(-c2ccccc2)c(-c2cc(F)c3[nH]ncc3c2)c2nncn12.Nc1nc(-c2ccccc2)c(Br)c2nncn12.[HH].[HH].[HH].[HH]. The maximum atomic E-state index is 14.5. The van der Waals surface area contributed by atoms with Crippen LogP contribution in [0.3, 0.4) is 0 Å². The Kier molecular flexibility index (Phi) is 21.5. The van der Waals surface area contributed by atoms with Crippen molar-refractivity contribution in [3.63, 3.8) is 0 Å². The summed E-state index contributed by atoms with van der Waals surface area (Å²) in [6, 6.07) is 42.0. The standard InChI is InChI=1S/2C18H12FN7.C13H16BFN2O2.C12H24B2O4.C11H8BrN5.C7H4BrFN2.4H2/c2*19-13-7-11(6-12-8-21-24-15(12)13)14-16(10-4-2-1-3-5-10)23-18(20)26-9-22-25-17(14)26;1-12(2)13(3,4)19-14(18-12)9-5-8-7-16-17-11(8)10(15)6-9;1-9(2)10(3,4)16-13(15-9)14-17-11(5,6)12(7,8)18-14;12-8-9(7-4-2-1-3-5-7)15-11(13)17-6-14-16-10(8)17;8-5-1-4-3-10-11-7(4)6(9)2-5;;;;/h2*1-9H,(H2,20,23)(H,21,24);5-7H,1-4H3,(H,16,17);1-8H3;1-6H,(H2,13,15);1-3H,(H,10,11);4*1H. The minimum atomic E-state index is -0.557. The zero-order valence-electron chi connectivity index (χ0n) is 65.2. The van der Waals surface area contributed by atoms with Crippen LogP contribution in [0.25, 0.3) is 117 Å². The highest BCUT2D eigenvalue weighted by Gasteiger charge is 2.64. The van der Waals surface area contributed by atoms with E-state index in [1.165, 1.54) is 43.2 Å². The summed E-state index contributed by atoms with van der Waals surface area (Å²) < 4.78 is 98.0. The van der Waals surface area contributed by atoms with Crippen LogP contribution in [0.5, 0.6) is 0 Å². The summed E-state index contributed by atoms with van der Waals surface area (Å²) in [5, 5.41) is 52.8. The zero-order valence-corrected chi connectivity index (χ0v) is 68.3. The van der Waals surface area contributed by atoms with E-state index in [4.69, 9.17) is 45.1 Å². The summed E-state index contributed by atoms with van der Waals surface area (Å²) in [6.45, 7) is 24.1. The first-order valence-electron chi connectivity index (χ1n) is 36.7. The molecule has 0 aliphatic carbocycles. The fraction of sp³-hybridized carbons (Fsp3) is 0.228. The highest BCUT2D eigenvalue weighted by molar-refractivity contribution is 9.11. The summed E-state index contributed by atoms with van der Waals surface area (Å²) in [7, 11) is -1.51. The van der Waals surface area contributed by atoms with Gasteiger partial charge >= 0.3 is 21.1 Å². The van der Waals surface area contributed by atoms with Crippen LogP contribution >= 0.6 is 31.9 Å². The third-order valence-corrected chi connectivity index (χ3v) is 22.6. The molecule has 602 valence electrons. The van der Waals surface area contributed by atoms with Crippen molar-refractivity contribution in [1.29, 1.82) is 0 Å². The van der Waals surface area contributed by atoms with Crippen molar-refractivity contribution in [2.24, 2.45) is 0 Å². The lowest BCUT2D eigenvalue weighted by Gasteiger charge is -2.32. The molecular formula is C79H84B3Br2F4N23O6. The Balaban J connectivity index is 0.000000143. The lowest BCUT2D eigenvalue weighted by molar-refractivity contribution is 0.00578. The summed E-state index contributed by atoms with van der Waals surface area (Å²) in [5.74, 6) is -0.541. The number of nitrogens with zero attached hydrogens (tertiary/aromatic N) is 16. The molecule has 7 aromatic carbocycles. The molecule has 20 rings (SSSR count). The Morgan fingerprint density at radius 2 is 0.675 bits per heavy atom. The van der Waals surface area contributed by atoms with Crippen LogP contribution in [0.4, 0.5) is 35.4 Å². The van der Waals surface area contributed by atoms with Gasteiger partial charge in [0.15, 0.2) is 16.9 Å². The van der Waals surface area contributed by atoms with Gasteiger partial charge in [-0.2, -0.15) is 20.4 Å². The van der Waals surface area contributed by atoms with Crippen molar-refractivity contribution in [3.05, 3.63) is 216 Å². The number of nitrogen functional groups attached to an aromatic ring is 3. The molecule has 17 aromatic rings. The number of aromatic amines is 4. The van der Waals surface area contributed by atoms with Gasteiger partial charge < -0.3 is 45.1 Å². The second-order valence-corrected chi connectivity index (χ2v) is 32.4. The highest BCUT2D eigenvalue weighted by Crippen LogP contribution is 2.45. The highest BCUT2D eigenvalue weighted by atomic mass is 79.9. The lowest BCUT2D eigenvalue weighted by Crippen LogP contribution is -2.41. The molecule has 0 spiro atoms. The molecule has 10 aromatic heterocycles. The predicted molar refractivity (Wildman–Crippen MR) is 456 cm³/mol. The number of hydrogen-bond donors (Lipinski definition) is 7. The second kappa shape index (κ2) is 31.3. The Morgan fingerprint density at radius 1 is 0.368 bits per heavy atom. The van der Waals surface area contributed by atoms with Crippen molar-refractivity contribution in [1.82, 2.24) is 99.5 Å². The molecule has 0 bridgehead atoms. The molecule has 29 nitrogen and oxygen atoms in total. The average Bonchev–Trinajstić information content (AvgIpc) is 1.29. The molecule has 13 heterocycles. The van der Waals surface area contributed by atoms with Crippen LogP contribution in [0.2, 0.25) is 0 Å². The minimum absolute atomic E-state index is 0. The van der Waals surface area contributed by atoms with Gasteiger partial charge in [0.25, 0.3) is 0 Å². The van der Waals surface area contributed by atoms with Crippen LogP contribution in [-0.4, -0.2) is 154 Å². The van der Waals surface area contributed by atoms with Crippen molar-refractivity contribution in [2.75, 3.05) is 17.2 Å². The molecular weight excluding hydrogens is 1640 g/mol. The van der Waals surface area contributed by atoms with E-state index in [0.29, 0.717) is 100 Å². The predicted octanol–water partition coefficient (Wildman–Crippen LogP) is 15.9. The number of H-pyrrole nitrogens is 4. The third-order valence-electron chi connectivity index (χ3n) is 21.4. The lowest BCUT2D eigenvalue weighted by atomic mass is 9.49. The molecule has 3 saturated heterocycles. The summed E-state index contributed by atoms with van der Waals surface area (Å²) in [5.41, 5.74) is 26.9. The van der Waals surface area contributed by atoms with Crippen LogP contribution in [-0.2, 0) is 27.9 Å². The fourth-order valence-electron chi connectivity index (χ4n) is 13.1.